The molecule has 12 nitrogen and oxygen atoms in total. The Labute approximate surface area is 269 Å². The number of alkyl halides is 6. The van der Waals surface area contributed by atoms with Gasteiger partial charge in [0.15, 0.2) is 0 Å². The molecule has 0 aliphatic heterocycles. The first kappa shape index (κ1) is 45.5. The Morgan fingerprint density at radius 2 is 0.851 bits per heavy atom. The van der Waals surface area contributed by atoms with E-state index in [-0.39, 0.29) is 58.0 Å². The zero-order chi connectivity index (χ0) is 36.7. The molecule has 1 unspecified atom stereocenters. The molecule has 0 bridgehead atoms. The topological polar surface area (TPSA) is 158 Å². The summed E-state index contributed by atoms with van der Waals surface area (Å²) < 4.78 is 98.9. The summed E-state index contributed by atoms with van der Waals surface area (Å²) in [6, 6.07) is 0. The highest BCUT2D eigenvalue weighted by Gasteiger charge is 2.29. The van der Waals surface area contributed by atoms with Crippen molar-refractivity contribution in [2.45, 2.75) is 98.3 Å². The first-order valence-electron chi connectivity index (χ1n) is 14.7. The van der Waals surface area contributed by atoms with E-state index in [1.54, 1.807) is 20.8 Å². The Hall–Kier alpha value is -3.60. The first-order chi connectivity index (χ1) is 21.6. The minimum Gasteiger partial charge on any atom is -0.465 e. The van der Waals surface area contributed by atoms with Gasteiger partial charge in [0.2, 0.25) is 0 Å². The van der Waals surface area contributed by atoms with E-state index in [2.05, 4.69) is 9.47 Å². The van der Waals surface area contributed by atoms with Crippen LogP contribution in [0.1, 0.15) is 86.0 Å². The number of carbonyl (C=O) groups excluding carboxylic acids is 6. The highest BCUT2D eigenvalue weighted by Crippen LogP contribution is 2.21. The van der Waals surface area contributed by atoms with Crippen molar-refractivity contribution in [1.29, 1.82) is 0 Å². The molecule has 47 heavy (non-hydrogen) atoms. The Morgan fingerprint density at radius 1 is 0.532 bits per heavy atom. The predicted octanol–water partition coefficient (Wildman–Crippen LogP) is 5.18. The van der Waals surface area contributed by atoms with Gasteiger partial charge in [-0.05, 0) is 26.7 Å². The van der Waals surface area contributed by atoms with Gasteiger partial charge in [0.05, 0.1) is 63.1 Å². The molecule has 0 aromatic rings. The lowest BCUT2D eigenvalue weighted by atomic mass is 9.91. The Morgan fingerprint density at radius 3 is 1.17 bits per heavy atom. The van der Waals surface area contributed by atoms with Crippen LogP contribution in [0.4, 0.5) is 26.3 Å². The zero-order valence-electron chi connectivity index (χ0n) is 27.1. The SMILES string of the molecule is CCC(C)(C)C(=O)OCCOC(=O)CCC(=O)OCCC(F)(F)F.CCC(C)C(=O)OCCOC(=O)CCC(=O)OCCC(F)(F)F. The van der Waals surface area contributed by atoms with Crippen LogP contribution in [0.3, 0.4) is 0 Å². The number of rotatable bonds is 20. The molecule has 18 heteroatoms. The van der Waals surface area contributed by atoms with Gasteiger partial charge in [0, 0.05) is 0 Å². The summed E-state index contributed by atoms with van der Waals surface area (Å²) in [5, 5.41) is 0. The zero-order valence-corrected chi connectivity index (χ0v) is 27.1. The van der Waals surface area contributed by atoms with Crippen molar-refractivity contribution in [1.82, 2.24) is 0 Å². The number of ether oxygens (including phenoxy) is 6. The van der Waals surface area contributed by atoms with Gasteiger partial charge in [-0.25, -0.2) is 0 Å². The molecule has 0 aromatic heterocycles. The molecular formula is C29H44F6O12. The number of carbonyl (C=O) groups is 6. The lowest BCUT2D eigenvalue weighted by Gasteiger charge is -2.20. The van der Waals surface area contributed by atoms with Crippen LogP contribution >= 0.6 is 0 Å². The second-order valence-corrected chi connectivity index (χ2v) is 10.5. The highest BCUT2D eigenvalue weighted by molar-refractivity contribution is 5.78. The first-order valence-corrected chi connectivity index (χ1v) is 14.7. The third-order valence-corrected chi connectivity index (χ3v) is 5.99. The van der Waals surface area contributed by atoms with Crippen molar-refractivity contribution in [3.05, 3.63) is 0 Å². The fraction of sp³-hybridized carbons (Fsp3) is 0.793. The number of hydrogen-bond donors (Lipinski definition) is 0. The molecule has 0 radical (unpaired) electrons. The van der Waals surface area contributed by atoms with E-state index >= 15 is 0 Å². The molecule has 0 rings (SSSR count). The summed E-state index contributed by atoms with van der Waals surface area (Å²) in [7, 11) is 0. The van der Waals surface area contributed by atoms with Gasteiger partial charge in [-0.15, -0.1) is 0 Å². The van der Waals surface area contributed by atoms with E-state index in [4.69, 9.17) is 18.9 Å². The lowest BCUT2D eigenvalue weighted by molar-refractivity contribution is -0.162. The van der Waals surface area contributed by atoms with E-state index in [0.29, 0.717) is 12.8 Å². The average molecular weight is 699 g/mol. The summed E-state index contributed by atoms with van der Waals surface area (Å²) >= 11 is 0. The van der Waals surface area contributed by atoms with Crippen LogP contribution in [-0.4, -0.2) is 87.8 Å². The molecule has 0 N–H and O–H groups in total. The van der Waals surface area contributed by atoms with Crippen LogP contribution in [0, 0.1) is 11.3 Å². The van der Waals surface area contributed by atoms with Crippen molar-refractivity contribution in [2.75, 3.05) is 39.6 Å². The minimum atomic E-state index is -4.40. The van der Waals surface area contributed by atoms with Crippen LogP contribution in [-0.2, 0) is 57.2 Å². The van der Waals surface area contributed by atoms with Crippen molar-refractivity contribution >= 4 is 35.8 Å². The third-order valence-electron chi connectivity index (χ3n) is 5.99. The normalized spacial score (nSPS) is 12.1. The monoisotopic (exact) mass is 698 g/mol. The molecule has 0 amide bonds. The van der Waals surface area contributed by atoms with Gasteiger partial charge in [-0.1, -0.05) is 20.8 Å². The summed E-state index contributed by atoms with van der Waals surface area (Å²) in [6.07, 6.45) is -11.4. The van der Waals surface area contributed by atoms with Gasteiger partial charge in [-0.3, -0.25) is 28.8 Å². The molecule has 274 valence electrons. The standard InChI is InChI=1S/C15H23F3O6.C14H21F3O6/c1-4-14(2,3)13(21)24-10-9-23-12(20)6-5-11(19)22-8-7-15(16,17)18;1-3-10(2)13(20)23-9-8-22-12(19)5-4-11(18)21-7-6-14(15,16)17/h4-10H2,1-3H3;10H,3-9H2,1-2H3. The van der Waals surface area contributed by atoms with Crippen molar-refractivity contribution in [2.24, 2.45) is 11.3 Å². The Kier molecular flexibility index (Phi) is 22.9. The van der Waals surface area contributed by atoms with E-state index in [9.17, 15) is 55.1 Å². The predicted molar refractivity (Wildman–Crippen MR) is 149 cm³/mol. The molecular weight excluding hydrogens is 654 g/mol. The maximum absolute atomic E-state index is 11.8. The molecule has 0 heterocycles. The smallest absolute Gasteiger partial charge is 0.392 e. The number of halogens is 6. The van der Waals surface area contributed by atoms with Crippen molar-refractivity contribution < 1.29 is 83.5 Å². The van der Waals surface area contributed by atoms with Gasteiger partial charge in [0.25, 0.3) is 0 Å². The fourth-order valence-electron chi connectivity index (χ4n) is 2.49. The van der Waals surface area contributed by atoms with Crippen molar-refractivity contribution in [3.8, 4) is 0 Å². The minimum absolute atomic E-state index is 0.0923. The average Bonchev–Trinajstić information content (AvgIpc) is 2.97. The highest BCUT2D eigenvalue weighted by atomic mass is 19.4. The number of esters is 6. The second-order valence-electron chi connectivity index (χ2n) is 10.5. The largest absolute Gasteiger partial charge is 0.465 e. The van der Waals surface area contributed by atoms with Gasteiger partial charge in [0.1, 0.15) is 26.4 Å². The van der Waals surface area contributed by atoms with E-state index in [1.165, 1.54) is 0 Å². The van der Waals surface area contributed by atoms with Crippen molar-refractivity contribution in [3.63, 3.8) is 0 Å². The second kappa shape index (κ2) is 23.7. The molecule has 1 atom stereocenters. The Bertz CT molecular complexity index is 980. The maximum atomic E-state index is 11.8. The summed E-state index contributed by atoms with van der Waals surface area (Å²) in [5.41, 5.74) is -0.621. The van der Waals surface area contributed by atoms with Gasteiger partial charge < -0.3 is 28.4 Å². The quantitative estimate of drug-likeness (QED) is 0.0711. The third kappa shape index (κ3) is 28.4. The van der Waals surface area contributed by atoms with Gasteiger partial charge >= 0.3 is 48.2 Å². The molecule has 0 aliphatic carbocycles. The molecule has 0 aromatic carbocycles. The maximum Gasteiger partial charge on any atom is 0.392 e. The molecule has 0 saturated carbocycles. The molecule has 0 saturated heterocycles. The van der Waals surface area contributed by atoms with E-state index in [0.717, 1.165) is 0 Å². The van der Waals surface area contributed by atoms with Crippen LogP contribution in [0.5, 0.6) is 0 Å². The molecule has 0 spiro atoms. The lowest BCUT2D eigenvalue weighted by Crippen LogP contribution is -2.27. The summed E-state index contributed by atoms with van der Waals surface area (Å²) in [5.74, 6) is -4.31. The fourth-order valence-corrected chi connectivity index (χ4v) is 2.49. The van der Waals surface area contributed by atoms with Gasteiger partial charge in [-0.2, -0.15) is 26.3 Å². The Balaban J connectivity index is 0. The number of hydrogen-bond acceptors (Lipinski definition) is 12. The van der Waals surface area contributed by atoms with E-state index in [1.807, 2.05) is 13.8 Å². The molecule has 0 aliphatic rings. The van der Waals surface area contributed by atoms with Crippen LogP contribution in [0.2, 0.25) is 0 Å². The van der Waals surface area contributed by atoms with Crippen LogP contribution < -0.4 is 0 Å². The van der Waals surface area contributed by atoms with Crippen LogP contribution in [0.25, 0.3) is 0 Å². The summed E-state index contributed by atoms with van der Waals surface area (Å²) in [4.78, 5) is 67.7. The van der Waals surface area contributed by atoms with E-state index < -0.39 is 79.6 Å². The summed E-state index contributed by atoms with van der Waals surface area (Å²) in [6.45, 7) is 6.78. The van der Waals surface area contributed by atoms with Crippen LogP contribution in [0.15, 0.2) is 0 Å². The molecule has 0 fully saturated rings.